The second-order valence-corrected chi connectivity index (χ2v) is 8.12. The maximum absolute atomic E-state index is 5.84. The first-order chi connectivity index (χ1) is 8.24. The molecule has 1 aliphatic heterocycles. The molecule has 1 nitrogen and oxygen atoms in total. The van der Waals surface area contributed by atoms with Crippen molar-refractivity contribution in [2.45, 2.75) is 23.8 Å². The third-order valence-corrected chi connectivity index (χ3v) is 6.50. The molecular formula is C13H12Cl2OSe. The van der Waals surface area contributed by atoms with E-state index >= 15 is 0 Å². The molecule has 2 bridgehead atoms. The van der Waals surface area contributed by atoms with E-state index in [1.807, 2.05) is 0 Å². The van der Waals surface area contributed by atoms with Crippen LogP contribution in [0.25, 0.3) is 0 Å². The van der Waals surface area contributed by atoms with E-state index < -0.39 is 0 Å². The Kier molecular flexibility index (Phi) is 3.40. The average molecular weight is 334 g/mol. The van der Waals surface area contributed by atoms with E-state index in [9.17, 15) is 0 Å². The minimum absolute atomic E-state index is 0.322. The second-order valence-electron chi connectivity index (χ2n) is 4.42. The van der Waals surface area contributed by atoms with E-state index in [0.29, 0.717) is 36.3 Å². The second kappa shape index (κ2) is 4.85. The van der Waals surface area contributed by atoms with Crippen molar-refractivity contribution in [2.24, 2.45) is 5.92 Å². The molecular weight excluding hydrogens is 322 g/mol. The van der Waals surface area contributed by atoms with Crippen LogP contribution >= 0.6 is 23.2 Å². The number of fused-ring (bicyclic) bond motifs is 2. The number of benzene rings is 1. The first-order valence-electron chi connectivity index (χ1n) is 5.67. The molecule has 1 saturated heterocycles. The molecule has 3 unspecified atom stereocenters. The van der Waals surface area contributed by atoms with E-state index in [1.54, 1.807) is 0 Å². The van der Waals surface area contributed by atoms with E-state index in [2.05, 4.69) is 30.3 Å². The maximum atomic E-state index is 5.84. The standard InChI is InChI=1S/C13H12Cl2OSe/c14-13(15)12-8-6-10(16-12)11(7-8)17-9-4-2-1-3-5-9/h1-5,8,10-11H,6-7H2. The Bertz CT molecular complexity index is 442. The zero-order chi connectivity index (χ0) is 11.8. The van der Waals surface area contributed by atoms with Crippen LogP contribution in [0.15, 0.2) is 40.6 Å². The van der Waals surface area contributed by atoms with Crippen molar-refractivity contribution in [3.8, 4) is 0 Å². The third-order valence-electron chi connectivity index (χ3n) is 3.31. The molecule has 2 aliphatic rings. The predicted octanol–water partition coefficient (Wildman–Crippen LogP) is 3.26. The topological polar surface area (TPSA) is 9.23 Å². The van der Waals surface area contributed by atoms with Gasteiger partial charge in [-0.05, 0) is 0 Å². The number of hydrogen-bond donors (Lipinski definition) is 0. The predicted molar refractivity (Wildman–Crippen MR) is 71.9 cm³/mol. The summed E-state index contributed by atoms with van der Waals surface area (Å²) in [6.07, 6.45) is 2.61. The molecule has 1 aromatic rings. The molecule has 0 amide bonds. The average Bonchev–Trinajstić information content (AvgIpc) is 2.89. The molecule has 1 saturated carbocycles. The van der Waals surface area contributed by atoms with Crippen molar-refractivity contribution in [2.75, 3.05) is 0 Å². The van der Waals surface area contributed by atoms with Crippen molar-refractivity contribution < 1.29 is 4.74 Å². The Morgan fingerprint density at radius 3 is 2.53 bits per heavy atom. The fraction of sp³-hybridized carbons (Fsp3) is 0.385. The Hall–Kier alpha value is -0.141. The van der Waals surface area contributed by atoms with Crippen LogP contribution in [0.4, 0.5) is 0 Å². The summed E-state index contributed by atoms with van der Waals surface area (Å²) in [7, 11) is 0. The van der Waals surface area contributed by atoms with Gasteiger partial charge in [0.25, 0.3) is 0 Å². The van der Waals surface area contributed by atoms with Crippen LogP contribution in [0.1, 0.15) is 12.8 Å². The quantitative estimate of drug-likeness (QED) is 0.755. The summed E-state index contributed by atoms with van der Waals surface area (Å²) in [4.78, 5) is 0.673. The minimum atomic E-state index is 0.322. The monoisotopic (exact) mass is 334 g/mol. The van der Waals surface area contributed by atoms with Crippen molar-refractivity contribution in [3.05, 3.63) is 40.6 Å². The van der Waals surface area contributed by atoms with Gasteiger partial charge in [0.2, 0.25) is 0 Å². The molecule has 0 N–H and O–H groups in total. The Labute approximate surface area is 117 Å². The number of ether oxygens (including phenoxy) is 1. The van der Waals surface area contributed by atoms with Crippen LogP contribution in [-0.2, 0) is 4.74 Å². The molecule has 1 heterocycles. The zero-order valence-corrected chi connectivity index (χ0v) is 12.3. The molecule has 0 aromatic heterocycles. The van der Waals surface area contributed by atoms with Crippen LogP contribution < -0.4 is 4.46 Å². The summed E-state index contributed by atoms with van der Waals surface area (Å²) in [6.45, 7) is 0. The summed E-state index contributed by atoms with van der Waals surface area (Å²) in [5.74, 6) is 1.29. The van der Waals surface area contributed by atoms with E-state index in [4.69, 9.17) is 27.9 Å². The SMILES string of the molecule is ClC(Cl)=C1OC2CC1CC2[Se]c1ccccc1. The van der Waals surface area contributed by atoms with Crippen molar-refractivity contribution in [3.63, 3.8) is 0 Å². The summed E-state index contributed by atoms with van der Waals surface area (Å²) >= 11 is 12.1. The van der Waals surface area contributed by atoms with Gasteiger partial charge in [0.05, 0.1) is 0 Å². The molecule has 1 aromatic carbocycles. The molecule has 2 fully saturated rings. The Morgan fingerprint density at radius 2 is 1.94 bits per heavy atom. The number of halogens is 2. The van der Waals surface area contributed by atoms with Crippen molar-refractivity contribution >= 4 is 42.6 Å². The van der Waals surface area contributed by atoms with Crippen LogP contribution in [-0.4, -0.2) is 21.1 Å². The summed E-state index contributed by atoms with van der Waals surface area (Å²) in [5, 5.41) is 0. The van der Waals surface area contributed by atoms with Gasteiger partial charge in [-0.25, -0.2) is 0 Å². The summed E-state index contributed by atoms with van der Waals surface area (Å²) in [5.41, 5.74) is 0. The molecule has 90 valence electrons. The first kappa shape index (κ1) is 11.9. The van der Waals surface area contributed by atoms with Crippen LogP contribution in [0.5, 0.6) is 0 Å². The van der Waals surface area contributed by atoms with Crippen LogP contribution in [0.2, 0.25) is 4.82 Å². The van der Waals surface area contributed by atoms with E-state index in [0.717, 1.165) is 12.2 Å². The van der Waals surface area contributed by atoms with Gasteiger partial charge in [-0.15, -0.1) is 0 Å². The fourth-order valence-corrected chi connectivity index (χ4v) is 5.70. The molecule has 1 aliphatic carbocycles. The van der Waals surface area contributed by atoms with Crippen LogP contribution in [0, 0.1) is 5.92 Å². The molecule has 0 spiro atoms. The molecule has 0 radical (unpaired) electrons. The fourth-order valence-electron chi connectivity index (χ4n) is 2.55. The van der Waals surface area contributed by atoms with E-state index in [1.165, 1.54) is 10.9 Å². The summed E-state index contributed by atoms with van der Waals surface area (Å²) in [6, 6.07) is 10.7. The van der Waals surface area contributed by atoms with Gasteiger partial charge in [-0.2, -0.15) is 0 Å². The van der Waals surface area contributed by atoms with Crippen molar-refractivity contribution in [1.82, 2.24) is 0 Å². The number of hydrogen-bond acceptors (Lipinski definition) is 1. The van der Waals surface area contributed by atoms with Gasteiger partial charge in [0.1, 0.15) is 0 Å². The van der Waals surface area contributed by atoms with Gasteiger partial charge >= 0.3 is 118 Å². The molecule has 3 rings (SSSR count). The van der Waals surface area contributed by atoms with Gasteiger partial charge in [-0.3, -0.25) is 0 Å². The third kappa shape index (κ3) is 2.37. The van der Waals surface area contributed by atoms with Crippen LogP contribution in [0.3, 0.4) is 0 Å². The first-order valence-corrected chi connectivity index (χ1v) is 8.27. The summed E-state index contributed by atoms with van der Waals surface area (Å²) < 4.78 is 7.61. The Morgan fingerprint density at radius 1 is 1.18 bits per heavy atom. The Balaban J connectivity index is 1.69. The van der Waals surface area contributed by atoms with Gasteiger partial charge in [0, 0.05) is 0 Å². The van der Waals surface area contributed by atoms with Gasteiger partial charge in [0.15, 0.2) is 0 Å². The van der Waals surface area contributed by atoms with Gasteiger partial charge in [-0.1, -0.05) is 0 Å². The molecule has 4 heteroatoms. The molecule has 3 atom stereocenters. The normalized spacial score (nSPS) is 30.5. The van der Waals surface area contributed by atoms with E-state index in [-0.39, 0.29) is 0 Å². The number of rotatable bonds is 2. The zero-order valence-electron chi connectivity index (χ0n) is 9.11. The van der Waals surface area contributed by atoms with Gasteiger partial charge < -0.3 is 0 Å². The van der Waals surface area contributed by atoms with Crippen molar-refractivity contribution in [1.29, 1.82) is 0 Å². The number of allylic oxidation sites excluding steroid dienone is 1. The molecule has 17 heavy (non-hydrogen) atoms.